The van der Waals surface area contributed by atoms with Crippen LogP contribution in [0.5, 0.6) is 0 Å². The van der Waals surface area contributed by atoms with Crippen LogP contribution in [0.1, 0.15) is 46.5 Å². The highest BCUT2D eigenvalue weighted by molar-refractivity contribution is 7.99. The first-order valence-electron chi connectivity index (χ1n) is 8.05. The number of ketones is 1. The molecular weight excluding hydrogens is 326 g/mol. The first-order valence-corrected chi connectivity index (χ1v) is 9.21. The molecule has 0 radical (unpaired) electrons. The molecule has 0 aromatic carbocycles. The van der Waals surface area contributed by atoms with E-state index in [-0.39, 0.29) is 23.4 Å². The van der Waals surface area contributed by atoms with Gasteiger partial charge >= 0.3 is 5.97 Å². The average Bonchev–Trinajstić information content (AvgIpc) is 2.51. The molecule has 0 aromatic rings. The number of methoxy groups -OCH3 is 1. The summed E-state index contributed by atoms with van der Waals surface area (Å²) in [4.78, 5) is 33.8. The molecule has 136 valence electrons. The Morgan fingerprint density at radius 2 is 1.79 bits per heavy atom. The van der Waals surface area contributed by atoms with E-state index < -0.39 is 5.91 Å². The van der Waals surface area contributed by atoms with Gasteiger partial charge in [0.15, 0.2) is 0 Å². The zero-order valence-electron chi connectivity index (χ0n) is 15.1. The number of Topliss-reactive ketones (excluding diaryl/α,β-unsaturated/α-hetero) is 1. The molecule has 0 spiro atoms. The highest BCUT2D eigenvalue weighted by atomic mass is 32.2. The third kappa shape index (κ3) is 11.9. The molecule has 2 N–H and O–H groups in total. The Labute approximate surface area is 149 Å². The number of nitrogens with two attached hydrogens (primary N) is 1. The molecule has 0 aliphatic carbocycles. The SMILES string of the molecule is COC(=O)CSCC(C)C(=O)CC/C(C)=C/CC/C(C)=C/C(N)=O. The second-order valence-corrected chi connectivity index (χ2v) is 6.97. The number of primary amides is 1. The zero-order chi connectivity index (χ0) is 18.5. The smallest absolute Gasteiger partial charge is 0.315 e. The van der Waals surface area contributed by atoms with Crippen molar-refractivity contribution in [1.29, 1.82) is 0 Å². The Bertz CT molecular complexity index is 497. The number of ether oxygens (including phenoxy) is 1. The van der Waals surface area contributed by atoms with Crippen molar-refractivity contribution in [1.82, 2.24) is 0 Å². The molecule has 5 nitrogen and oxygen atoms in total. The van der Waals surface area contributed by atoms with Gasteiger partial charge in [-0.25, -0.2) is 0 Å². The molecule has 0 aliphatic heterocycles. The van der Waals surface area contributed by atoms with Gasteiger partial charge in [-0.2, -0.15) is 0 Å². The molecule has 0 rings (SSSR count). The predicted octanol–water partition coefficient (Wildman–Crippen LogP) is 3.04. The maximum atomic E-state index is 12.1. The summed E-state index contributed by atoms with van der Waals surface area (Å²) in [5.41, 5.74) is 7.23. The number of carbonyl (C=O) groups is 3. The minimum absolute atomic E-state index is 0.0619. The lowest BCUT2D eigenvalue weighted by molar-refractivity contribution is -0.137. The van der Waals surface area contributed by atoms with Gasteiger partial charge in [-0.05, 0) is 33.1 Å². The summed E-state index contributed by atoms with van der Waals surface area (Å²) in [6.45, 7) is 5.78. The van der Waals surface area contributed by atoms with Crippen molar-refractivity contribution in [3.8, 4) is 0 Å². The van der Waals surface area contributed by atoms with Crippen LogP contribution in [-0.4, -0.2) is 36.3 Å². The first-order chi connectivity index (χ1) is 11.3. The van der Waals surface area contributed by atoms with Gasteiger partial charge in [-0.15, -0.1) is 11.8 Å². The van der Waals surface area contributed by atoms with E-state index in [9.17, 15) is 14.4 Å². The van der Waals surface area contributed by atoms with Crippen LogP contribution in [0.2, 0.25) is 0 Å². The van der Waals surface area contributed by atoms with Gasteiger partial charge in [0.05, 0.1) is 12.9 Å². The Kier molecular flexibility index (Phi) is 12.0. The molecule has 1 amide bonds. The number of hydrogen-bond donors (Lipinski definition) is 1. The Hall–Kier alpha value is -1.56. The van der Waals surface area contributed by atoms with E-state index >= 15 is 0 Å². The molecule has 0 bridgehead atoms. The number of rotatable bonds is 12. The fraction of sp³-hybridized carbons (Fsp3) is 0.611. The van der Waals surface area contributed by atoms with Crippen molar-refractivity contribution in [2.24, 2.45) is 11.7 Å². The van der Waals surface area contributed by atoms with Crippen molar-refractivity contribution in [3.05, 3.63) is 23.3 Å². The monoisotopic (exact) mass is 355 g/mol. The maximum absolute atomic E-state index is 12.1. The maximum Gasteiger partial charge on any atom is 0.315 e. The summed E-state index contributed by atoms with van der Waals surface area (Å²) in [5, 5.41) is 0. The van der Waals surface area contributed by atoms with E-state index in [1.165, 1.54) is 30.5 Å². The second-order valence-electron chi connectivity index (χ2n) is 5.94. The van der Waals surface area contributed by atoms with E-state index in [1.807, 2.05) is 20.8 Å². The van der Waals surface area contributed by atoms with Crippen LogP contribution < -0.4 is 5.73 Å². The van der Waals surface area contributed by atoms with E-state index in [1.54, 1.807) is 0 Å². The van der Waals surface area contributed by atoms with E-state index in [0.29, 0.717) is 12.2 Å². The molecule has 24 heavy (non-hydrogen) atoms. The Balaban J connectivity index is 4.04. The molecule has 0 saturated carbocycles. The molecule has 0 fully saturated rings. The van der Waals surface area contributed by atoms with Gasteiger partial charge in [0.1, 0.15) is 5.78 Å². The predicted molar refractivity (Wildman–Crippen MR) is 98.7 cm³/mol. The van der Waals surface area contributed by atoms with Gasteiger partial charge in [-0.1, -0.05) is 24.1 Å². The van der Waals surface area contributed by atoms with Gasteiger partial charge < -0.3 is 10.5 Å². The number of allylic oxidation sites excluding steroid dienone is 3. The molecule has 1 atom stereocenters. The van der Waals surface area contributed by atoms with Crippen LogP contribution in [0.3, 0.4) is 0 Å². The standard InChI is InChI=1S/C18H29NO4S/c1-13(6-5-7-14(2)10-17(19)21)8-9-16(20)15(3)11-24-12-18(22)23-4/h6,10,15H,5,7-9,11-12H2,1-4H3,(H2,19,21)/b13-6+,14-10+. The molecule has 0 heterocycles. The van der Waals surface area contributed by atoms with Crippen LogP contribution in [0.4, 0.5) is 0 Å². The molecule has 1 unspecified atom stereocenters. The minimum Gasteiger partial charge on any atom is -0.468 e. The van der Waals surface area contributed by atoms with Crippen molar-refractivity contribution < 1.29 is 19.1 Å². The third-order valence-electron chi connectivity index (χ3n) is 3.55. The van der Waals surface area contributed by atoms with E-state index in [4.69, 9.17) is 5.73 Å². The fourth-order valence-corrected chi connectivity index (χ4v) is 2.94. The molecule has 6 heteroatoms. The summed E-state index contributed by atoms with van der Waals surface area (Å²) in [6, 6.07) is 0. The highest BCUT2D eigenvalue weighted by Crippen LogP contribution is 2.15. The Morgan fingerprint density at radius 1 is 1.12 bits per heavy atom. The number of amides is 1. The van der Waals surface area contributed by atoms with E-state index in [2.05, 4.69) is 10.8 Å². The molecular formula is C18H29NO4S. The van der Waals surface area contributed by atoms with Crippen molar-refractivity contribution in [2.75, 3.05) is 18.6 Å². The molecule has 0 aromatic heterocycles. The number of esters is 1. The summed E-state index contributed by atoms with van der Waals surface area (Å²) in [6.07, 6.45) is 6.42. The topological polar surface area (TPSA) is 86.5 Å². The lowest BCUT2D eigenvalue weighted by Crippen LogP contribution is -2.15. The van der Waals surface area contributed by atoms with Crippen molar-refractivity contribution >= 4 is 29.4 Å². The van der Waals surface area contributed by atoms with Crippen LogP contribution in [0, 0.1) is 5.92 Å². The van der Waals surface area contributed by atoms with Gasteiger partial charge in [0.2, 0.25) is 5.91 Å². The molecule has 0 aliphatic rings. The third-order valence-corrected chi connectivity index (χ3v) is 4.73. The van der Waals surface area contributed by atoms with Gasteiger partial charge in [-0.3, -0.25) is 14.4 Å². The number of carbonyl (C=O) groups excluding carboxylic acids is 3. The quantitative estimate of drug-likeness (QED) is 0.330. The van der Waals surface area contributed by atoms with Crippen LogP contribution in [-0.2, 0) is 19.1 Å². The summed E-state index contributed by atoms with van der Waals surface area (Å²) < 4.78 is 4.57. The van der Waals surface area contributed by atoms with Crippen molar-refractivity contribution in [2.45, 2.75) is 46.5 Å². The Morgan fingerprint density at radius 3 is 2.38 bits per heavy atom. The van der Waals surface area contributed by atoms with Gasteiger partial charge in [0.25, 0.3) is 0 Å². The molecule has 0 saturated heterocycles. The summed E-state index contributed by atoms with van der Waals surface area (Å²) in [7, 11) is 1.36. The summed E-state index contributed by atoms with van der Waals surface area (Å²) in [5.74, 6) is 0.383. The largest absolute Gasteiger partial charge is 0.468 e. The van der Waals surface area contributed by atoms with E-state index in [0.717, 1.165) is 24.8 Å². The fourth-order valence-electron chi connectivity index (χ4n) is 2.00. The second kappa shape index (κ2) is 12.8. The number of thioether (sulfide) groups is 1. The normalized spacial score (nSPS) is 13.5. The highest BCUT2D eigenvalue weighted by Gasteiger charge is 2.13. The van der Waals surface area contributed by atoms with Crippen LogP contribution in [0.25, 0.3) is 0 Å². The lowest BCUT2D eigenvalue weighted by atomic mass is 10.0. The summed E-state index contributed by atoms with van der Waals surface area (Å²) >= 11 is 1.42. The van der Waals surface area contributed by atoms with Crippen LogP contribution >= 0.6 is 11.8 Å². The van der Waals surface area contributed by atoms with Gasteiger partial charge in [0, 0.05) is 24.2 Å². The number of hydrogen-bond acceptors (Lipinski definition) is 5. The minimum atomic E-state index is -0.419. The van der Waals surface area contributed by atoms with Crippen molar-refractivity contribution in [3.63, 3.8) is 0 Å². The lowest BCUT2D eigenvalue weighted by Gasteiger charge is -2.10. The first kappa shape index (κ1) is 22.4. The van der Waals surface area contributed by atoms with Crippen LogP contribution in [0.15, 0.2) is 23.3 Å². The average molecular weight is 356 g/mol. The zero-order valence-corrected chi connectivity index (χ0v) is 15.9.